The van der Waals surface area contributed by atoms with Gasteiger partial charge in [-0.05, 0) is 24.6 Å². The lowest BCUT2D eigenvalue weighted by Gasteiger charge is -2.06. The van der Waals surface area contributed by atoms with Gasteiger partial charge in [0.1, 0.15) is 11.8 Å². The Kier molecular flexibility index (Phi) is 2.26. The van der Waals surface area contributed by atoms with Crippen LogP contribution in [-0.2, 0) is 0 Å². The summed E-state index contributed by atoms with van der Waals surface area (Å²) in [4.78, 5) is 4.04. The van der Waals surface area contributed by atoms with Crippen molar-refractivity contribution in [3.05, 3.63) is 35.7 Å². The molecule has 0 bridgehead atoms. The van der Waals surface area contributed by atoms with Gasteiger partial charge in [-0.2, -0.15) is 5.26 Å². The highest BCUT2D eigenvalue weighted by atomic mass is 16.5. The van der Waals surface area contributed by atoms with E-state index < -0.39 is 0 Å². The second-order valence-electron chi connectivity index (χ2n) is 3.34. The van der Waals surface area contributed by atoms with E-state index in [-0.39, 0.29) is 0 Å². The maximum Gasteiger partial charge on any atom is 0.119 e. The normalized spacial score (nSPS) is 9.93. The lowest BCUT2D eigenvalue weighted by Crippen LogP contribution is -1.89. The molecule has 0 aliphatic heterocycles. The van der Waals surface area contributed by atoms with Crippen molar-refractivity contribution < 1.29 is 4.74 Å². The van der Waals surface area contributed by atoms with E-state index in [2.05, 4.69) is 11.1 Å². The van der Waals surface area contributed by atoms with E-state index >= 15 is 0 Å². The van der Waals surface area contributed by atoms with Crippen molar-refractivity contribution in [3.63, 3.8) is 0 Å². The Hall–Kier alpha value is -2.08. The average Bonchev–Trinajstić information content (AvgIpc) is 2.28. The van der Waals surface area contributed by atoms with Gasteiger partial charge in [0.15, 0.2) is 0 Å². The second-order valence-corrected chi connectivity index (χ2v) is 3.34. The molecular formula is C12H10N2O. The molecule has 0 saturated carbocycles. The Bertz CT molecular complexity index is 555. The minimum Gasteiger partial charge on any atom is -0.497 e. The SMILES string of the molecule is COc1cc(C)c2cncc(C#N)c2c1. The number of hydrogen-bond acceptors (Lipinski definition) is 3. The van der Waals surface area contributed by atoms with Crippen molar-refractivity contribution in [2.24, 2.45) is 0 Å². The standard InChI is InChI=1S/C12H10N2O/c1-8-3-10(15-2)4-11-9(5-13)6-14-7-12(8)11/h3-4,6-7H,1-2H3. The topological polar surface area (TPSA) is 45.9 Å². The van der Waals surface area contributed by atoms with E-state index in [1.54, 1.807) is 19.5 Å². The number of benzene rings is 1. The van der Waals surface area contributed by atoms with Gasteiger partial charge in [0.05, 0.1) is 12.7 Å². The van der Waals surface area contributed by atoms with Crippen LogP contribution in [0.2, 0.25) is 0 Å². The Morgan fingerprint density at radius 3 is 2.73 bits per heavy atom. The van der Waals surface area contributed by atoms with Crippen LogP contribution in [-0.4, -0.2) is 12.1 Å². The summed E-state index contributed by atoms with van der Waals surface area (Å²) in [6.07, 6.45) is 3.34. The van der Waals surface area contributed by atoms with E-state index in [1.807, 2.05) is 19.1 Å². The number of nitrogens with zero attached hydrogens (tertiary/aromatic N) is 2. The molecule has 74 valence electrons. The minimum absolute atomic E-state index is 0.578. The smallest absolute Gasteiger partial charge is 0.119 e. The van der Waals surface area contributed by atoms with Crippen molar-refractivity contribution in [3.8, 4) is 11.8 Å². The van der Waals surface area contributed by atoms with E-state index in [9.17, 15) is 0 Å². The number of aromatic nitrogens is 1. The summed E-state index contributed by atoms with van der Waals surface area (Å²) >= 11 is 0. The zero-order chi connectivity index (χ0) is 10.8. The fourth-order valence-electron chi connectivity index (χ4n) is 1.62. The molecule has 2 aromatic rings. The van der Waals surface area contributed by atoms with Gasteiger partial charge in [-0.3, -0.25) is 4.98 Å². The van der Waals surface area contributed by atoms with Crippen LogP contribution in [0.3, 0.4) is 0 Å². The first kappa shape index (κ1) is 9.47. The Morgan fingerprint density at radius 2 is 2.07 bits per heavy atom. The molecule has 3 nitrogen and oxygen atoms in total. The molecule has 2 rings (SSSR count). The summed E-state index contributed by atoms with van der Waals surface area (Å²) in [5.41, 5.74) is 1.64. The number of fused-ring (bicyclic) bond motifs is 1. The highest BCUT2D eigenvalue weighted by Crippen LogP contribution is 2.26. The third-order valence-corrected chi connectivity index (χ3v) is 2.41. The summed E-state index contributed by atoms with van der Waals surface area (Å²) in [5, 5.41) is 10.8. The maximum atomic E-state index is 8.96. The van der Waals surface area contributed by atoms with Gasteiger partial charge in [0.2, 0.25) is 0 Å². The van der Waals surface area contributed by atoms with Gasteiger partial charge in [-0.25, -0.2) is 0 Å². The lowest BCUT2D eigenvalue weighted by molar-refractivity contribution is 0.415. The van der Waals surface area contributed by atoms with Crippen LogP contribution in [0.15, 0.2) is 24.5 Å². The van der Waals surface area contributed by atoms with Crippen LogP contribution in [0.1, 0.15) is 11.1 Å². The van der Waals surface area contributed by atoms with E-state index in [4.69, 9.17) is 10.00 Å². The van der Waals surface area contributed by atoms with Gasteiger partial charge in [0.25, 0.3) is 0 Å². The van der Waals surface area contributed by atoms with Crippen LogP contribution in [0, 0.1) is 18.3 Å². The molecule has 0 aliphatic rings. The summed E-state index contributed by atoms with van der Waals surface area (Å²) in [7, 11) is 1.62. The molecule has 0 unspecified atom stereocenters. The lowest BCUT2D eigenvalue weighted by atomic mass is 10.0. The van der Waals surface area contributed by atoms with Crippen molar-refractivity contribution in [2.75, 3.05) is 7.11 Å². The Morgan fingerprint density at radius 1 is 1.27 bits per heavy atom. The zero-order valence-electron chi connectivity index (χ0n) is 8.61. The number of nitriles is 1. The summed E-state index contributed by atoms with van der Waals surface area (Å²) in [6, 6.07) is 5.93. The predicted molar refractivity (Wildman–Crippen MR) is 57.7 cm³/mol. The Labute approximate surface area is 87.9 Å². The molecule has 0 N–H and O–H groups in total. The summed E-state index contributed by atoms with van der Waals surface area (Å²) in [6.45, 7) is 1.98. The van der Waals surface area contributed by atoms with Gasteiger partial charge in [-0.1, -0.05) is 0 Å². The van der Waals surface area contributed by atoms with Gasteiger partial charge >= 0.3 is 0 Å². The molecule has 1 aromatic heterocycles. The van der Waals surface area contributed by atoms with Gasteiger partial charge in [-0.15, -0.1) is 0 Å². The van der Waals surface area contributed by atoms with Crippen molar-refractivity contribution >= 4 is 10.8 Å². The van der Waals surface area contributed by atoms with Crippen LogP contribution >= 0.6 is 0 Å². The molecule has 0 amide bonds. The maximum absolute atomic E-state index is 8.96. The van der Waals surface area contributed by atoms with Crippen LogP contribution in [0.4, 0.5) is 0 Å². The van der Waals surface area contributed by atoms with Crippen molar-refractivity contribution in [1.29, 1.82) is 5.26 Å². The number of pyridine rings is 1. The average molecular weight is 198 g/mol. The van der Waals surface area contributed by atoms with E-state index in [1.165, 1.54) is 0 Å². The highest BCUT2D eigenvalue weighted by molar-refractivity contribution is 5.90. The number of hydrogen-bond donors (Lipinski definition) is 0. The zero-order valence-corrected chi connectivity index (χ0v) is 8.61. The molecule has 0 aliphatic carbocycles. The third kappa shape index (κ3) is 1.50. The molecule has 3 heteroatoms. The van der Waals surface area contributed by atoms with E-state index in [0.29, 0.717) is 5.56 Å². The summed E-state index contributed by atoms with van der Waals surface area (Å²) < 4.78 is 5.17. The van der Waals surface area contributed by atoms with Crippen LogP contribution in [0.5, 0.6) is 5.75 Å². The quantitative estimate of drug-likeness (QED) is 0.706. The molecule has 15 heavy (non-hydrogen) atoms. The first-order chi connectivity index (χ1) is 7.26. The molecule has 1 heterocycles. The Balaban J connectivity index is 2.87. The molecule has 0 atom stereocenters. The van der Waals surface area contributed by atoms with Crippen LogP contribution in [0.25, 0.3) is 10.8 Å². The fourth-order valence-corrected chi connectivity index (χ4v) is 1.62. The molecule has 1 aromatic carbocycles. The predicted octanol–water partition coefficient (Wildman–Crippen LogP) is 2.42. The summed E-state index contributed by atoms with van der Waals surface area (Å²) in [5.74, 6) is 0.766. The highest BCUT2D eigenvalue weighted by Gasteiger charge is 2.05. The van der Waals surface area contributed by atoms with Gasteiger partial charge in [0, 0.05) is 23.2 Å². The largest absolute Gasteiger partial charge is 0.497 e. The first-order valence-electron chi connectivity index (χ1n) is 4.58. The van der Waals surface area contributed by atoms with Crippen molar-refractivity contribution in [2.45, 2.75) is 6.92 Å². The number of methoxy groups -OCH3 is 1. The second kappa shape index (κ2) is 3.58. The number of ether oxygens (including phenoxy) is 1. The van der Waals surface area contributed by atoms with E-state index in [0.717, 1.165) is 22.1 Å². The third-order valence-electron chi connectivity index (χ3n) is 2.41. The van der Waals surface area contributed by atoms with Gasteiger partial charge < -0.3 is 4.74 Å². The van der Waals surface area contributed by atoms with Crippen molar-refractivity contribution in [1.82, 2.24) is 4.98 Å². The number of aryl methyl sites for hydroxylation is 1. The molecule has 0 radical (unpaired) electrons. The fraction of sp³-hybridized carbons (Fsp3) is 0.167. The molecule has 0 saturated heterocycles. The van der Waals surface area contributed by atoms with Crippen LogP contribution < -0.4 is 4.74 Å². The monoisotopic (exact) mass is 198 g/mol. The molecule has 0 fully saturated rings. The number of rotatable bonds is 1. The first-order valence-corrected chi connectivity index (χ1v) is 4.58. The minimum atomic E-state index is 0.578. The molecule has 0 spiro atoms. The molecular weight excluding hydrogens is 188 g/mol.